The van der Waals surface area contributed by atoms with Crippen LogP contribution in [-0.2, 0) is 0 Å². The molecule has 53 heavy (non-hydrogen) atoms. The average Bonchev–Trinajstić information content (AvgIpc) is 3.73. The highest BCUT2D eigenvalue weighted by atomic mass is 15.1. The van der Waals surface area contributed by atoms with Crippen molar-refractivity contribution in [2.24, 2.45) is 0 Å². The fourth-order valence-electron chi connectivity index (χ4n) is 7.96. The average molecular weight is 677 g/mol. The lowest BCUT2D eigenvalue weighted by molar-refractivity contribution is 1.06. The number of para-hydroxylation sites is 2. The van der Waals surface area contributed by atoms with Crippen LogP contribution in [0, 0.1) is 18.3 Å². The molecule has 4 nitrogen and oxygen atoms in total. The predicted molar refractivity (Wildman–Crippen MR) is 219 cm³/mol. The second kappa shape index (κ2) is 12.2. The van der Waals surface area contributed by atoms with E-state index in [0.29, 0.717) is 5.56 Å². The topological polar surface area (TPSA) is 46.5 Å². The SMILES string of the molecule is Cc1ccc(-c2ccc3c(c2)c2ccccc2n3-c2cc(-c3ccccc3C#N)c(-n3c4ccccc4c4cc(-c5ccccc5)ccc43)cn2)cc1. The van der Waals surface area contributed by atoms with Gasteiger partial charge < -0.3 is 4.57 Å². The first-order valence-electron chi connectivity index (χ1n) is 17.9. The minimum absolute atomic E-state index is 0.614. The van der Waals surface area contributed by atoms with E-state index in [4.69, 9.17) is 4.98 Å². The molecule has 0 unspecified atom stereocenters. The number of rotatable bonds is 5. The summed E-state index contributed by atoms with van der Waals surface area (Å²) < 4.78 is 4.56. The summed E-state index contributed by atoms with van der Waals surface area (Å²) in [5.74, 6) is 0.790. The van der Waals surface area contributed by atoms with Gasteiger partial charge in [-0.05, 0) is 77.7 Å². The number of nitriles is 1. The van der Waals surface area contributed by atoms with Gasteiger partial charge in [-0.2, -0.15) is 5.26 Å². The smallest absolute Gasteiger partial charge is 0.138 e. The number of aryl methyl sites for hydroxylation is 1. The second-order valence-electron chi connectivity index (χ2n) is 13.6. The van der Waals surface area contributed by atoms with Crippen LogP contribution in [0.4, 0.5) is 0 Å². The maximum atomic E-state index is 10.4. The molecule has 0 bridgehead atoms. The van der Waals surface area contributed by atoms with Crippen LogP contribution in [0.2, 0.25) is 0 Å². The van der Waals surface area contributed by atoms with Gasteiger partial charge >= 0.3 is 0 Å². The fraction of sp³-hybridized carbons (Fsp3) is 0.0204. The third-order valence-corrected chi connectivity index (χ3v) is 10.5. The minimum Gasteiger partial charge on any atom is -0.307 e. The second-order valence-corrected chi connectivity index (χ2v) is 13.6. The van der Waals surface area contributed by atoms with Crippen LogP contribution < -0.4 is 0 Å². The van der Waals surface area contributed by atoms with Crippen molar-refractivity contribution in [2.75, 3.05) is 0 Å². The molecule has 0 saturated carbocycles. The quantitative estimate of drug-likeness (QED) is 0.182. The lowest BCUT2D eigenvalue weighted by Gasteiger charge is -2.17. The minimum atomic E-state index is 0.614. The van der Waals surface area contributed by atoms with Gasteiger partial charge in [-0.1, -0.05) is 127 Å². The summed E-state index contributed by atoms with van der Waals surface area (Å²) in [5, 5.41) is 15.0. The van der Waals surface area contributed by atoms with Crippen molar-refractivity contribution in [2.45, 2.75) is 6.92 Å². The fourth-order valence-corrected chi connectivity index (χ4v) is 7.96. The number of benzene rings is 7. The standard InChI is InChI=1S/C49H32N4/c1-32-19-21-34(22-20-32)36-24-26-47-42(28-36)40-16-8-10-18-45(40)53(47)49-29-43(38-14-6-5-13-37(38)30-50)48(31-51-49)52-44-17-9-7-15-39(44)41-27-35(23-25-46(41)52)33-11-3-2-4-12-33/h2-29,31H,1H3. The van der Waals surface area contributed by atoms with Crippen LogP contribution in [0.1, 0.15) is 11.1 Å². The summed E-state index contributed by atoms with van der Waals surface area (Å²) in [6, 6.07) is 62.2. The summed E-state index contributed by atoms with van der Waals surface area (Å²) in [7, 11) is 0. The Hall–Kier alpha value is -7.22. The van der Waals surface area contributed by atoms with Crippen molar-refractivity contribution in [1.82, 2.24) is 14.1 Å². The van der Waals surface area contributed by atoms with Crippen molar-refractivity contribution < 1.29 is 0 Å². The molecule has 3 aromatic heterocycles. The first kappa shape index (κ1) is 30.6. The van der Waals surface area contributed by atoms with Gasteiger partial charge in [-0.25, -0.2) is 4.98 Å². The Kier molecular flexibility index (Phi) is 7.06. The molecule has 0 amide bonds. The van der Waals surface area contributed by atoms with E-state index in [-0.39, 0.29) is 0 Å². The van der Waals surface area contributed by atoms with E-state index < -0.39 is 0 Å². The number of fused-ring (bicyclic) bond motifs is 6. The third-order valence-electron chi connectivity index (χ3n) is 10.5. The van der Waals surface area contributed by atoms with Crippen LogP contribution in [0.15, 0.2) is 176 Å². The largest absolute Gasteiger partial charge is 0.307 e. The summed E-state index contributed by atoms with van der Waals surface area (Å²) in [4.78, 5) is 5.25. The molecular formula is C49H32N4. The monoisotopic (exact) mass is 676 g/mol. The zero-order chi connectivity index (χ0) is 35.5. The van der Waals surface area contributed by atoms with Crippen LogP contribution in [-0.4, -0.2) is 14.1 Å². The molecule has 0 spiro atoms. The zero-order valence-corrected chi connectivity index (χ0v) is 29.0. The molecule has 0 atom stereocenters. The normalized spacial score (nSPS) is 11.5. The summed E-state index contributed by atoms with van der Waals surface area (Å²) in [5.41, 5.74) is 13.6. The number of aromatic nitrogens is 3. The van der Waals surface area contributed by atoms with Crippen molar-refractivity contribution in [3.8, 4) is 51.0 Å². The van der Waals surface area contributed by atoms with E-state index in [9.17, 15) is 5.26 Å². The molecule has 0 saturated heterocycles. The Labute approximate surface area is 307 Å². The van der Waals surface area contributed by atoms with Gasteiger partial charge in [-0.15, -0.1) is 0 Å². The van der Waals surface area contributed by atoms with Crippen molar-refractivity contribution >= 4 is 43.6 Å². The van der Waals surface area contributed by atoms with Gasteiger partial charge in [0.25, 0.3) is 0 Å². The van der Waals surface area contributed by atoms with E-state index in [1.54, 1.807) is 0 Å². The molecule has 0 aliphatic heterocycles. The zero-order valence-electron chi connectivity index (χ0n) is 29.0. The maximum absolute atomic E-state index is 10.4. The summed E-state index contributed by atoms with van der Waals surface area (Å²) >= 11 is 0. The number of hydrogen-bond acceptors (Lipinski definition) is 2. The molecule has 3 heterocycles. The Morgan fingerprint density at radius 1 is 0.453 bits per heavy atom. The van der Waals surface area contributed by atoms with Gasteiger partial charge in [0.15, 0.2) is 0 Å². The van der Waals surface area contributed by atoms with Gasteiger partial charge in [-0.3, -0.25) is 4.57 Å². The first-order valence-corrected chi connectivity index (χ1v) is 17.9. The van der Waals surface area contributed by atoms with Crippen molar-refractivity contribution in [1.29, 1.82) is 5.26 Å². The number of hydrogen-bond donors (Lipinski definition) is 0. The maximum Gasteiger partial charge on any atom is 0.138 e. The van der Waals surface area contributed by atoms with Crippen LogP contribution in [0.25, 0.3) is 88.5 Å². The summed E-state index contributed by atoms with van der Waals surface area (Å²) in [6.07, 6.45) is 1.98. The third kappa shape index (κ3) is 4.94. The van der Waals surface area contributed by atoms with E-state index in [1.807, 2.05) is 36.5 Å². The van der Waals surface area contributed by atoms with Crippen LogP contribution >= 0.6 is 0 Å². The van der Waals surface area contributed by atoms with E-state index >= 15 is 0 Å². The molecule has 0 radical (unpaired) electrons. The molecule has 10 rings (SSSR count). The number of nitrogens with zero attached hydrogens (tertiary/aromatic N) is 4. The van der Waals surface area contributed by atoms with Gasteiger partial charge in [0.05, 0.1) is 45.6 Å². The predicted octanol–water partition coefficient (Wildman–Crippen LogP) is 12.5. The highest BCUT2D eigenvalue weighted by Gasteiger charge is 2.21. The molecule has 7 aromatic carbocycles. The van der Waals surface area contributed by atoms with E-state index in [0.717, 1.165) is 60.9 Å². The van der Waals surface area contributed by atoms with E-state index in [2.05, 4.69) is 162 Å². The van der Waals surface area contributed by atoms with Crippen LogP contribution in [0.3, 0.4) is 0 Å². The lowest BCUT2D eigenvalue weighted by atomic mass is 9.99. The Bertz CT molecular complexity index is 3070. The van der Waals surface area contributed by atoms with Gasteiger partial charge in [0.2, 0.25) is 0 Å². The molecule has 248 valence electrons. The molecule has 0 aliphatic carbocycles. The Morgan fingerprint density at radius 2 is 0.981 bits per heavy atom. The molecular weight excluding hydrogens is 645 g/mol. The highest BCUT2D eigenvalue weighted by molar-refractivity contribution is 6.12. The van der Waals surface area contributed by atoms with Gasteiger partial charge in [0.1, 0.15) is 5.82 Å². The Morgan fingerprint density at radius 3 is 1.66 bits per heavy atom. The van der Waals surface area contributed by atoms with E-state index in [1.165, 1.54) is 33.2 Å². The summed E-state index contributed by atoms with van der Waals surface area (Å²) in [6.45, 7) is 2.12. The lowest BCUT2D eigenvalue weighted by Crippen LogP contribution is -2.04. The molecule has 10 aromatic rings. The molecule has 0 aliphatic rings. The molecule has 0 N–H and O–H groups in total. The molecule has 4 heteroatoms. The first-order chi connectivity index (χ1) is 26.2. The van der Waals surface area contributed by atoms with Gasteiger partial charge in [0, 0.05) is 32.7 Å². The highest BCUT2D eigenvalue weighted by Crippen LogP contribution is 2.40. The van der Waals surface area contributed by atoms with Crippen molar-refractivity contribution in [3.05, 3.63) is 187 Å². The Balaban J connectivity index is 1.24. The van der Waals surface area contributed by atoms with Crippen molar-refractivity contribution in [3.63, 3.8) is 0 Å². The van der Waals surface area contributed by atoms with Crippen LogP contribution in [0.5, 0.6) is 0 Å². The molecule has 0 fully saturated rings. The number of pyridine rings is 1.